The van der Waals surface area contributed by atoms with Crippen molar-refractivity contribution in [3.8, 4) is 11.5 Å². The van der Waals surface area contributed by atoms with E-state index in [1.165, 1.54) is 0 Å². The van der Waals surface area contributed by atoms with E-state index in [0.717, 1.165) is 23.6 Å². The van der Waals surface area contributed by atoms with Crippen LogP contribution in [0.2, 0.25) is 0 Å². The van der Waals surface area contributed by atoms with Crippen molar-refractivity contribution in [3.63, 3.8) is 0 Å². The fourth-order valence-corrected chi connectivity index (χ4v) is 2.37. The van der Waals surface area contributed by atoms with Crippen LogP contribution in [0.15, 0.2) is 34.7 Å². The Labute approximate surface area is 140 Å². The van der Waals surface area contributed by atoms with E-state index < -0.39 is 0 Å². The molecular formula is C17H20N6O. The molecule has 3 heterocycles. The van der Waals surface area contributed by atoms with Gasteiger partial charge < -0.3 is 21.2 Å². The van der Waals surface area contributed by atoms with Crippen molar-refractivity contribution in [2.24, 2.45) is 0 Å². The van der Waals surface area contributed by atoms with Gasteiger partial charge in [0.1, 0.15) is 17.1 Å². The highest BCUT2D eigenvalue weighted by Crippen LogP contribution is 2.30. The van der Waals surface area contributed by atoms with Gasteiger partial charge in [-0.25, -0.2) is 4.98 Å². The molecule has 0 spiro atoms. The van der Waals surface area contributed by atoms with Gasteiger partial charge in [-0.3, -0.25) is 4.98 Å². The molecule has 0 saturated carbocycles. The summed E-state index contributed by atoms with van der Waals surface area (Å²) in [7, 11) is 0. The van der Waals surface area contributed by atoms with E-state index in [4.69, 9.17) is 15.9 Å². The number of nitrogen functional groups attached to an aromatic ring is 2. The van der Waals surface area contributed by atoms with E-state index in [1.54, 1.807) is 0 Å². The molecule has 3 aromatic heterocycles. The molecule has 0 atom stereocenters. The number of aromatic nitrogens is 3. The van der Waals surface area contributed by atoms with Crippen LogP contribution in [-0.2, 0) is 13.0 Å². The summed E-state index contributed by atoms with van der Waals surface area (Å²) in [4.78, 5) is 12.9. The lowest BCUT2D eigenvalue weighted by molar-refractivity contribution is 0.546. The monoisotopic (exact) mass is 324 g/mol. The number of aryl methyl sites for hydroxylation is 2. The average Bonchev–Trinajstić information content (AvgIpc) is 3.01. The zero-order valence-corrected chi connectivity index (χ0v) is 13.7. The standard InChI is InChI=1S/C17H20N6O/c1-3-11-5-4-6-12(21-11)9-20-16-14(18)15(22-17(19)23-16)13-8-7-10(2)24-13/h4-8H,3,9,18H2,1-2H3,(H3,19,20,22,23). The van der Waals surface area contributed by atoms with Gasteiger partial charge in [-0.15, -0.1) is 0 Å². The predicted octanol–water partition coefficient (Wildman–Crippen LogP) is 2.78. The zero-order valence-electron chi connectivity index (χ0n) is 13.7. The minimum absolute atomic E-state index is 0.131. The van der Waals surface area contributed by atoms with Gasteiger partial charge in [0.05, 0.1) is 12.2 Å². The number of nitrogens with one attached hydrogen (secondary N) is 1. The lowest BCUT2D eigenvalue weighted by atomic mass is 10.2. The number of nitrogens with zero attached hydrogens (tertiary/aromatic N) is 3. The van der Waals surface area contributed by atoms with Crippen LogP contribution in [0.25, 0.3) is 11.5 Å². The average molecular weight is 324 g/mol. The van der Waals surface area contributed by atoms with Gasteiger partial charge in [0.2, 0.25) is 5.95 Å². The fourth-order valence-electron chi connectivity index (χ4n) is 2.37. The van der Waals surface area contributed by atoms with E-state index in [0.29, 0.717) is 29.5 Å². The molecule has 5 N–H and O–H groups in total. The van der Waals surface area contributed by atoms with Crippen molar-refractivity contribution in [2.75, 3.05) is 16.8 Å². The molecule has 0 aliphatic rings. The number of hydrogen-bond acceptors (Lipinski definition) is 7. The van der Waals surface area contributed by atoms with Crippen molar-refractivity contribution < 1.29 is 4.42 Å². The molecule has 0 aromatic carbocycles. The number of furan rings is 1. The molecule has 0 amide bonds. The summed E-state index contributed by atoms with van der Waals surface area (Å²) < 4.78 is 5.59. The third-order valence-corrected chi connectivity index (χ3v) is 3.60. The Bertz CT molecular complexity index is 858. The van der Waals surface area contributed by atoms with Gasteiger partial charge >= 0.3 is 0 Å². The molecule has 0 unspecified atom stereocenters. The van der Waals surface area contributed by atoms with E-state index in [2.05, 4.69) is 27.2 Å². The lowest BCUT2D eigenvalue weighted by Crippen LogP contribution is -2.10. The first-order chi connectivity index (χ1) is 11.6. The third kappa shape index (κ3) is 3.29. The maximum absolute atomic E-state index is 6.19. The summed E-state index contributed by atoms with van der Waals surface area (Å²) in [5.41, 5.74) is 14.8. The molecule has 24 heavy (non-hydrogen) atoms. The summed E-state index contributed by atoms with van der Waals surface area (Å²) in [6.45, 7) is 4.42. The highest BCUT2D eigenvalue weighted by atomic mass is 16.3. The third-order valence-electron chi connectivity index (χ3n) is 3.60. The molecule has 0 aliphatic heterocycles. The quantitative estimate of drug-likeness (QED) is 0.660. The van der Waals surface area contributed by atoms with Crippen LogP contribution in [0.4, 0.5) is 17.5 Å². The maximum Gasteiger partial charge on any atom is 0.222 e. The van der Waals surface area contributed by atoms with Crippen LogP contribution in [0.5, 0.6) is 0 Å². The van der Waals surface area contributed by atoms with Gasteiger partial charge in [0, 0.05) is 5.69 Å². The molecule has 124 valence electrons. The molecule has 0 radical (unpaired) electrons. The lowest BCUT2D eigenvalue weighted by Gasteiger charge is -2.11. The summed E-state index contributed by atoms with van der Waals surface area (Å²) >= 11 is 0. The molecule has 0 bridgehead atoms. The van der Waals surface area contributed by atoms with Crippen LogP contribution in [-0.4, -0.2) is 15.0 Å². The SMILES string of the molecule is CCc1cccc(CNc2nc(N)nc(-c3ccc(C)o3)c2N)n1. The smallest absolute Gasteiger partial charge is 0.222 e. The highest BCUT2D eigenvalue weighted by Gasteiger charge is 2.15. The topological polar surface area (TPSA) is 116 Å². The Kier molecular flexibility index (Phi) is 4.33. The van der Waals surface area contributed by atoms with Crippen LogP contribution >= 0.6 is 0 Å². The Morgan fingerprint density at radius 2 is 1.83 bits per heavy atom. The zero-order chi connectivity index (χ0) is 17.1. The van der Waals surface area contributed by atoms with Crippen LogP contribution in [0, 0.1) is 6.92 Å². The van der Waals surface area contributed by atoms with Crippen molar-refractivity contribution in [1.82, 2.24) is 15.0 Å². The van der Waals surface area contributed by atoms with Gasteiger partial charge in [-0.1, -0.05) is 13.0 Å². The minimum Gasteiger partial charge on any atom is -0.460 e. The van der Waals surface area contributed by atoms with Crippen molar-refractivity contribution >= 4 is 17.5 Å². The number of anilines is 3. The Morgan fingerprint density at radius 3 is 2.54 bits per heavy atom. The molecular weight excluding hydrogens is 304 g/mol. The maximum atomic E-state index is 6.19. The van der Waals surface area contributed by atoms with Gasteiger partial charge in [0.15, 0.2) is 11.6 Å². The summed E-state index contributed by atoms with van der Waals surface area (Å²) in [6, 6.07) is 9.59. The number of pyridine rings is 1. The first kappa shape index (κ1) is 15.8. The predicted molar refractivity (Wildman–Crippen MR) is 94.2 cm³/mol. The Hall–Kier alpha value is -3.09. The Morgan fingerprint density at radius 1 is 1.04 bits per heavy atom. The molecule has 0 fully saturated rings. The normalized spacial score (nSPS) is 10.8. The van der Waals surface area contributed by atoms with Gasteiger partial charge in [-0.2, -0.15) is 4.98 Å². The Balaban J connectivity index is 1.86. The second kappa shape index (κ2) is 6.57. The van der Waals surface area contributed by atoms with E-state index in [9.17, 15) is 0 Å². The minimum atomic E-state index is 0.131. The second-order valence-electron chi connectivity index (χ2n) is 5.43. The molecule has 0 saturated heterocycles. The summed E-state index contributed by atoms with van der Waals surface area (Å²) in [5.74, 6) is 1.94. The van der Waals surface area contributed by atoms with Crippen molar-refractivity contribution in [3.05, 3.63) is 47.5 Å². The van der Waals surface area contributed by atoms with Crippen molar-refractivity contribution in [1.29, 1.82) is 0 Å². The van der Waals surface area contributed by atoms with Gasteiger partial charge in [0.25, 0.3) is 0 Å². The molecule has 7 nitrogen and oxygen atoms in total. The van der Waals surface area contributed by atoms with Crippen molar-refractivity contribution in [2.45, 2.75) is 26.8 Å². The van der Waals surface area contributed by atoms with Crippen LogP contribution in [0.3, 0.4) is 0 Å². The molecule has 7 heteroatoms. The fraction of sp³-hybridized carbons (Fsp3) is 0.235. The summed E-state index contributed by atoms with van der Waals surface area (Å²) in [6.07, 6.45) is 0.887. The van der Waals surface area contributed by atoms with Crippen LogP contribution in [0.1, 0.15) is 24.1 Å². The van der Waals surface area contributed by atoms with E-state index >= 15 is 0 Å². The van der Waals surface area contributed by atoms with E-state index in [1.807, 2.05) is 37.3 Å². The van der Waals surface area contributed by atoms with E-state index in [-0.39, 0.29) is 5.95 Å². The second-order valence-corrected chi connectivity index (χ2v) is 5.43. The largest absolute Gasteiger partial charge is 0.460 e. The molecule has 3 rings (SSSR count). The van der Waals surface area contributed by atoms with Crippen LogP contribution < -0.4 is 16.8 Å². The molecule has 0 aliphatic carbocycles. The number of hydrogen-bond donors (Lipinski definition) is 3. The molecule has 3 aromatic rings. The first-order valence-electron chi connectivity index (χ1n) is 7.75. The summed E-state index contributed by atoms with van der Waals surface area (Å²) in [5, 5.41) is 3.18. The number of nitrogens with two attached hydrogens (primary N) is 2. The first-order valence-corrected chi connectivity index (χ1v) is 7.75. The van der Waals surface area contributed by atoms with Gasteiger partial charge in [-0.05, 0) is 37.6 Å². The number of rotatable bonds is 5. The highest BCUT2D eigenvalue weighted by molar-refractivity contribution is 5.79.